The fraction of sp³-hybridized carbons (Fsp3) is 0.240. The van der Waals surface area contributed by atoms with E-state index in [2.05, 4.69) is 36.5 Å². The van der Waals surface area contributed by atoms with E-state index in [4.69, 9.17) is 15.2 Å². The van der Waals surface area contributed by atoms with Crippen LogP contribution in [0, 0.1) is 0 Å². The molecule has 1 amide bonds. The Balaban J connectivity index is 1.63. The Morgan fingerprint density at radius 1 is 1.00 bits per heavy atom. The number of nitrogens with one attached hydrogen (secondary N) is 1. The van der Waals surface area contributed by atoms with Gasteiger partial charge in [0.2, 0.25) is 0 Å². The molecule has 0 saturated heterocycles. The second kappa shape index (κ2) is 8.49. The van der Waals surface area contributed by atoms with Crippen LogP contribution in [0.4, 0.5) is 5.69 Å². The fourth-order valence-electron chi connectivity index (χ4n) is 3.89. The minimum absolute atomic E-state index is 0.226. The molecule has 0 spiro atoms. The van der Waals surface area contributed by atoms with Gasteiger partial charge >= 0.3 is 0 Å². The van der Waals surface area contributed by atoms with Crippen LogP contribution >= 0.6 is 0 Å². The molecule has 0 aliphatic heterocycles. The third-order valence-electron chi connectivity index (χ3n) is 5.45. The molecule has 5 heteroatoms. The summed E-state index contributed by atoms with van der Waals surface area (Å²) in [6.45, 7) is 2.68. The predicted octanol–water partition coefficient (Wildman–Crippen LogP) is 4.96. The van der Waals surface area contributed by atoms with Crippen LogP contribution in [0.15, 0.2) is 60.7 Å². The van der Waals surface area contributed by atoms with Gasteiger partial charge in [-0.1, -0.05) is 61.9 Å². The topological polar surface area (TPSA) is 73.6 Å². The number of hydrogen-bond acceptors (Lipinski definition) is 4. The minimum atomic E-state index is -0.248. The van der Waals surface area contributed by atoms with Crippen LogP contribution in [0.5, 0.6) is 11.5 Å². The zero-order valence-electron chi connectivity index (χ0n) is 17.3. The molecule has 0 radical (unpaired) electrons. The van der Waals surface area contributed by atoms with Gasteiger partial charge in [0.15, 0.2) is 11.5 Å². The SMILES string of the molecule is CCCCOc1cc(N)c(C(=O)NC2c3ccccc3-c3ccccc32)cc1OC. The van der Waals surface area contributed by atoms with Gasteiger partial charge in [-0.15, -0.1) is 0 Å². The number of methoxy groups -OCH3 is 1. The van der Waals surface area contributed by atoms with Crippen LogP contribution in [0.3, 0.4) is 0 Å². The smallest absolute Gasteiger partial charge is 0.254 e. The molecule has 1 aliphatic rings. The lowest BCUT2D eigenvalue weighted by Crippen LogP contribution is -2.28. The first kappa shape index (κ1) is 19.8. The Bertz CT molecular complexity index is 1030. The number of amides is 1. The maximum atomic E-state index is 13.2. The van der Waals surface area contributed by atoms with Crippen molar-refractivity contribution in [2.75, 3.05) is 19.5 Å². The van der Waals surface area contributed by atoms with Gasteiger partial charge < -0.3 is 20.5 Å². The molecule has 30 heavy (non-hydrogen) atoms. The van der Waals surface area contributed by atoms with Gasteiger partial charge in [-0.3, -0.25) is 4.79 Å². The van der Waals surface area contributed by atoms with Gasteiger partial charge in [-0.05, 0) is 34.7 Å². The van der Waals surface area contributed by atoms with Crippen molar-refractivity contribution in [1.82, 2.24) is 5.32 Å². The number of anilines is 1. The summed E-state index contributed by atoms with van der Waals surface area (Å²) in [5.74, 6) is 0.802. The molecule has 154 valence electrons. The molecule has 0 bridgehead atoms. The van der Waals surface area contributed by atoms with Gasteiger partial charge in [0.1, 0.15) is 0 Å². The van der Waals surface area contributed by atoms with Gasteiger partial charge in [0.05, 0.1) is 25.3 Å². The first-order valence-electron chi connectivity index (χ1n) is 10.2. The molecule has 0 aromatic heterocycles. The molecule has 3 aromatic rings. The van der Waals surface area contributed by atoms with Crippen molar-refractivity contribution in [3.63, 3.8) is 0 Å². The molecule has 0 heterocycles. The lowest BCUT2D eigenvalue weighted by atomic mass is 10.0. The fourth-order valence-corrected chi connectivity index (χ4v) is 3.89. The van der Waals surface area contributed by atoms with E-state index in [0.717, 1.165) is 35.1 Å². The monoisotopic (exact) mass is 402 g/mol. The summed E-state index contributed by atoms with van der Waals surface area (Å²) in [6, 6.07) is 19.4. The highest BCUT2D eigenvalue weighted by molar-refractivity contribution is 6.01. The van der Waals surface area contributed by atoms with Crippen LogP contribution in [0.2, 0.25) is 0 Å². The number of ether oxygens (including phenoxy) is 2. The van der Waals surface area contributed by atoms with Crippen molar-refractivity contribution in [1.29, 1.82) is 0 Å². The highest BCUT2D eigenvalue weighted by Crippen LogP contribution is 2.43. The van der Waals surface area contributed by atoms with Gasteiger partial charge in [0, 0.05) is 11.8 Å². The van der Waals surface area contributed by atoms with Crippen LogP contribution < -0.4 is 20.5 Å². The van der Waals surface area contributed by atoms with Crippen molar-refractivity contribution in [3.8, 4) is 22.6 Å². The maximum absolute atomic E-state index is 13.2. The molecule has 0 fully saturated rings. The average molecular weight is 402 g/mol. The quantitative estimate of drug-likeness (QED) is 0.433. The van der Waals surface area contributed by atoms with E-state index in [-0.39, 0.29) is 11.9 Å². The van der Waals surface area contributed by atoms with E-state index >= 15 is 0 Å². The number of hydrogen-bond donors (Lipinski definition) is 2. The second-order valence-electron chi connectivity index (χ2n) is 7.37. The summed E-state index contributed by atoms with van der Waals surface area (Å²) < 4.78 is 11.2. The van der Waals surface area contributed by atoms with E-state index in [0.29, 0.717) is 29.4 Å². The van der Waals surface area contributed by atoms with Crippen LogP contribution in [-0.4, -0.2) is 19.6 Å². The number of rotatable bonds is 7. The molecule has 0 unspecified atom stereocenters. The Morgan fingerprint density at radius 2 is 1.63 bits per heavy atom. The van der Waals surface area contributed by atoms with Gasteiger partial charge in [0.25, 0.3) is 5.91 Å². The van der Waals surface area contributed by atoms with E-state index in [1.807, 2.05) is 24.3 Å². The van der Waals surface area contributed by atoms with Crippen molar-refractivity contribution in [3.05, 3.63) is 77.4 Å². The van der Waals surface area contributed by atoms with Crippen LogP contribution in [0.1, 0.15) is 47.3 Å². The Hall–Kier alpha value is -3.47. The molecule has 3 aromatic carbocycles. The average Bonchev–Trinajstić information content (AvgIpc) is 3.08. The standard InChI is InChI=1S/C25H26N2O3/c1-3-4-13-30-23-15-21(26)20(14-22(23)29-2)25(28)27-24-18-11-7-5-9-16(18)17-10-6-8-12-19(17)24/h5-12,14-15,24H,3-4,13,26H2,1-2H3,(H,27,28). The number of fused-ring (bicyclic) bond motifs is 3. The lowest BCUT2D eigenvalue weighted by molar-refractivity contribution is 0.0944. The van der Waals surface area contributed by atoms with E-state index < -0.39 is 0 Å². The van der Waals surface area contributed by atoms with Crippen molar-refractivity contribution >= 4 is 11.6 Å². The highest BCUT2D eigenvalue weighted by atomic mass is 16.5. The molecule has 4 rings (SSSR count). The lowest BCUT2D eigenvalue weighted by Gasteiger charge is -2.18. The molecular formula is C25H26N2O3. The zero-order valence-corrected chi connectivity index (χ0v) is 17.3. The molecule has 1 aliphatic carbocycles. The summed E-state index contributed by atoms with van der Waals surface area (Å²) in [7, 11) is 1.56. The Labute approximate surface area is 176 Å². The number of nitrogens with two attached hydrogens (primary N) is 1. The van der Waals surface area contributed by atoms with Gasteiger partial charge in [-0.2, -0.15) is 0 Å². The normalized spacial score (nSPS) is 12.2. The molecule has 0 atom stereocenters. The summed E-state index contributed by atoms with van der Waals surface area (Å²) in [6.07, 6.45) is 1.97. The number of carbonyl (C=O) groups is 1. The molecule has 5 nitrogen and oxygen atoms in total. The van der Waals surface area contributed by atoms with Crippen LogP contribution in [0.25, 0.3) is 11.1 Å². The summed E-state index contributed by atoms with van der Waals surface area (Å²) in [5, 5.41) is 3.16. The maximum Gasteiger partial charge on any atom is 0.254 e. The van der Waals surface area contributed by atoms with Crippen LogP contribution in [-0.2, 0) is 0 Å². The molecular weight excluding hydrogens is 376 g/mol. The largest absolute Gasteiger partial charge is 0.493 e. The van der Waals surface area contributed by atoms with Crippen molar-refractivity contribution < 1.29 is 14.3 Å². The Morgan fingerprint density at radius 3 is 2.23 bits per heavy atom. The predicted molar refractivity (Wildman–Crippen MR) is 119 cm³/mol. The number of carbonyl (C=O) groups excluding carboxylic acids is 1. The number of benzene rings is 3. The third kappa shape index (κ3) is 3.59. The number of nitrogen functional groups attached to an aromatic ring is 1. The second-order valence-corrected chi connectivity index (χ2v) is 7.37. The summed E-state index contributed by atoms with van der Waals surface area (Å²) >= 11 is 0. The van der Waals surface area contributed by atoms with E-state index in [1.165, 1.54) is 0 Å². The van der Waals surface area contributed by atoms with Gasteiger partial charge in [-0.25, -0.2) is 0 Å². The number of unbranched alkanes of at least 4 members (excludes halogenated alkanes) is 1. The first-order chi connectivity index (χ1) is 14.6. The first-order valence-corrected chi connectivity index (χ1v) is 10.2. The highest BCUT2D eigenvalue weighted by Gasteiger charge is 2.30. The van der Waals surface area contributed by atoms with E-state index in [9.17, 15) is 4.79 Å². The third-order valence-corrected chi connectivity index (χ3v) is 5.45. The molecule has 3 N–H and O–H groups in total. The minimum Gasteiger partial charge on any atom is -0.493 e. The Kier molecular flexibility index (Phi) is 5.61. The van der Waals surface area contributed by atoms with Crippen molar-refractivity contribution in [2.24, 2.45) is 0 Å². The molecule has 0 saturated carbocycles. The summed E-state index contributed by atoms with van der Waals surface area (Å²) in [5.41, 5.74) is 11.4. The summed E-state index contributed by atoms with van der Waals surface area (Å²) in [4.78, 5) is 13.2. The van der Waals surface area contributed by atoms with E-state index in [1.54, 1.807) is 19.2 Å². The zero-order chi connectivity index (χ0) is 21.1. The van der Waals surface area contributed by atoms with Crippen molar-refractivity contribution in [2.45, 2.75) is 25.8 Å².